The Morgan fingerprint density at radius 1 is 1.16 bits per heavy atom. The Labute approximate surface area is 114 Å². The second kappa shape index (κ2) is 6.55. The van der Waals surface area contributed by atoms with E-state index in [2.05, 4.69) is 28.4 Å². The van der Waals surface area contributed by atoms with Crippen molar-refractivity contribution >= 4 is 16.7 Å². The Bertz CT molecular complexity index is 530. The van der Waals surface area contributed by atoms with E-state index in [0.717, 1.165) is 28.7 Å². The van der Waals surface area contributed by atoms with Crippen molar-refractivity contribution in [3.05, 3.63) is 17.2 Å². The number of nitrogens with one attached hydrogen (secondary N) is 1. The molecule has 0 fully saturated rings. The third-order valence-electron chi connectivity index (χ3n) is 3.80. The van der Waals surface area contributed by atoms with Crippen molar-refractivity contribution in [2.24, 2.45) is 0 Å². The second-order valence-electron chi connectivity index (χ2n) is 5.30. The summed E-state index contributed by atoms with van der Waals surface area (Å²) in [5, 5.41) is 10.8. The van der Waals surface area contributed by atoms with Crippen LogP contribution in [0.2, 0.25) is 0 Å². The first-order chi connectivity index (χ1) is 9.24. The van der Waals surface area contributed by atoms with Gasteiger partial charge in [0, 0.05) is 11.3 Å². The van der Waals surface area contributed by atoms with E-state index in [-0.39, 0.29) is 0 Å². The third kappa shape index (κ3) is 3.25. The van der Waals surface area contributed by atoms with E-state index in [4.69, 9.17) is 5.73 Å². The van der Waals surface area contributed by atoms with Gasteiger partial charge in [-0.2, -0.15) is 0 Å². The lowest BCUT2D eigenvalue weighted by atomic mass is 10.00. The van der Waals surface area contributed by atoms with Crippen LogP contribution in [0.1, 0.15) is 56.6 Å². The molecule has 0 saturated carbocycles. The SMILES string of the molecule is CCCCCCCCc1cc2[nH]nnc2c(C)c1N. The van der Waals surface area contributed by atoms with Crippen LogP contribution in [-0.2, 0) is 6.42 Å². The molecular formula is C15H24N4. The minimum atomic E-state index is 0.884. The van der Waals surface area contributed by atoms with E-state index >= 15 is 0 Å². The minimum absolute atomic E-state index is 0.884. The first kappa shape index (κ1) is 13.8. The number of aromatic nitrogens is 3. The quantitative estimate of drug-likeness (QED) is 0.588. The summed E-state index contributed by atoms with van der Waals surface area (Å²) in [6, 6.07) is 2.10. The minimum Gasteiger partial charge on any atom is -0.398 e. The van der Waals surface area contributed by atoms with Crippen molar-refractivity contribution in [1.29, 1.82) is 0 Å². The lowest BCUT2D eigenvalue weighted by Crippen LogP contribution is -1.99. The van der Waals surface area contributed by atoms with E-state index in [9.17, 15) is 0 Å². The van der Waals surface area contributed by atoms with Crippen molar-refractivity contribution in [3.8, 4) is 0 Å². The second-order valence-corrected chi connectivity index (χ2v) is 5.30. The predicted molar refractivity (Wildman–Crippen MR) is 80.1 cm³/mol. The molecule has 0 unspecified atom stereocenters. The number of nitrogens with zero attached hydrogens (tertiary/aromatic N) is 2. The molecule has 2 rings (SSSR count). The van der Waals surface area contributed by atoms with Crippen LogP contribution in [0.3, 0.4) is 0 Å². The highest BCUT2D eigenvalue weighted by atomic mass is 15.3. The molecular weight excluding hydrogens is 236 g/mol. The van der Waals surface area contributed by atoms with Crippen LogP contribution < -0.4 is 5.73 Å². The zero-order valence-electron chi connectivity index (χ0n) is 12.0. The number of H-pyrrole nitrogens is 1. The van der Waals surface area contributed by atoms with E-state index in [1.54, 1.807) is 0 Å². The Morgan fingerprint density at radius 3 is 2.68 bits per heavy atom. The van der Waals surface area contributed by atoms with Gasteiger partial charge in [-0.3, -0.25) is 5.10 Å². The largest absolute Gasteiger partial charge is 0.398 e. The molecule has 0 aliphatic heterocycles. The monoisotopic (exact) mass is 260 g/mol. The molecule has 4 nitrogen and oxygen atoms in total. The van der Waals surface area contributed by atoms with Crippen molar-refractivity contribution in [3.63, 3.8) is 0 Å². The number of anilines is 1. The number of hydrogen-bond donors (Lipinski definition) is 2. The Kier molecular flexibility index (Phi) is 4.77. The molecule has 1 aromatic heterocycles. The Balaban J connectivity index is 1.95. The lowest BCUT2D eigenvalue weighted by molar-refractivity contribution is 0.608. The van der Waals surface area contributed by atoms with Gasteiger partial charge < -0.3 is 5.73 Å². The van der Waals surface area contributed by atoms with Crippen molar-refractivity contribution in [2.45, 2.75) is 58.8 Å². The van der Waals surface area contributed by atoms with Gasteiger partial charge in [0.25, 0.3) is 0 Å². The maximum absolute atomic E-state index is 6.19. The third-order valence-corrected chi connectivity index (χ3v) is 3.80. The van der Waals surface area contributed by atoms with Gasteiger partial charge in [-0.1, -0.05) is 44.2 Å². The average Bonchev–Trinajstić information content (AvgIpc) is 2.87. The first-order valence-corrected chi connectivity index (χ1v) is 7.32. The standard InChI is InChI=1S/C15H24N4/c1-3-4-5-6-7-8-9-12-10-13-15(18-19-17-13)11(2)14(12)16/h10H,3-9,16H2,1-2H3,(H,17,18,19). The van der Waals surface area contributed by atoms with Crippen LogP contribution in [-0.4, -0.2) is 15.4 Å². The zero-order valence-corrected chi connectivity index (χ0v) is 12.0. The van der Waals surface area contributed by atoms with E-state index in [1.165, 1.54) is 44.1 Å². The molecule has 1 aromatic carbocycles. The molecule has 19 heavy (non-hydrogen) atoms. The molecule has 0 spiro atoms. The number of rotatable bonds is 7. The summed E-state index contributed by atoms with van der Waals surface area (Å²) < 4.78 is 0. The number of hydrogen-bond acceptors (Lipinski definition) is 3. The molecule has 0 atom stereocenters. The molecule has 0 bridgehead atoms. The van der Waals surface area contributed by atoms with Gasteiger partial charge in [-0.05, 0) is 31.4 Å². The zero-order chi connectivity index (χ0) is 13.7. The Morgan fingerprint density at radius 2 is 1.89 bits per heavy atom. The summed E-state index contributed by atoms with van der Waals surface area (Å²) in [5.41, 5.74) is 11.2. The van der Waals surface area contributed by atoms with Crippen LogP contribution in [0.4, 0.5) is 5.69 Å². The summed E-state index contributed by atoms with van der Waals surface area (Å²) >= 11 is 0. The molecule has 2 aromatic rings. The van der Waals surface area contributed by atoms with E-state index < -0.39 is 0 Å². The fourth-order valence-electron chi connectivity index (χ4n) is 2.54. The summed E-state index contributed by atoms with van der Waals surface area (Å²) in [4.78, 5) is 0. The van der Waals surface area contributed by atoms with Crippen LogP contribution in [0.5, 0.6) is 0 Å². The molecule has 0 amide bonds. The van der Waals surface area contributed by atoms with Crippen molar-refractivity contribution < 1.29 is 0 Å². The predicted octanol–water partition coefficient (Wildman–Crippen LogP) is 3.75. The fourth-order valence-corrected chi connectivity index (χ4v) is 2.54. The average molecular weight is 260 g/mol. The van der Waals surface area contributed by atoms with Crippen LogP contribution in [0.15, 0.2) is 6.07 Å². The first-order valence-electron chi connectivity index (χ1n) is 7.32. The lowest BCUT2D eigenvalue weighted by Gasteiger charge is -2.09. The molecule has 104 valence electrons. The number of benzene rings is 1. The number of aryl methyl sites for hydroxylation is 2. The van der Waals surface area contributed by atoms with Gasteiger partial charge in [0.05, 0.1) is 5.52 Å². The summed E-state index contributed by atoms with van der Waals surface area (Å²) in [6.45, 7) is 4.27. The molecule has 0 radical (unpaired) electrons. The maximum Gasteiger partial charge on any atom is 0.117 e. The van der Waals surface area contributed by atoms with Crippen LogP contribution in [0.25, 0.3) is 11.0 Å². The van der Waals surface area contributed by atoms with E-state index in [0.29, 0.717) is 0 Å². The maximum atomic E-state index is 6.19. The van der Waals surface area contributed by atoms with Gasteiger partial charge >= 0.3 is 0 Å². The summed E-state index contributed by atoms with van der Waals surface area (Å²) in [6.07, 6.45) is 8.89. The normalized spacial score (nSPS) is 11.3. The van der Waals surface area contributed by atoms with Gasteiger partial charge in [-0.15, -0.1) is 5.10 Å². The van der Waals surface area contributed by atoms with Crippen LogP contribution in [0, 0.1) is 6.92 Å². The van der Waals surface area contributed by atoms with Gasteiger partial charge in [-0.25, -0.2) is 0 Å². The molecule has 3 N–H and O–H groups in total. The number of nitrogens with two attached hydrogens (primary N) is 1. The fraction of sp³-hybridized carbons (Fsp3) is 0.600. The van der Waals surface area contributed by atoms with Gasteiger partial charge in [0.2, 0.25) is 0 Å². The summed E-state index contributed by atoms with van der Waals surface area (Å²) in [7, 11) is 0. The van der Waals surface area contributed by atoms with Gasteiger partial charge in [0.1, 0.15) is 5.52 Å². The molecule has 0 aliphatic rings. The highest BCUT2D eigenvalue weighted by molar-refractivity contribution is 5.84. The molecule has 4 heteroatoms. The summed E-state index contributed by atoms with van der Waals surface area (Å²) in [5.74, 6) is 0. The molecule has 1 heterocycles. The Hall–Kier alpha value is -1.58. The molecule has 0 aliphatic carbocycles. The number of unbranched alkanes of at least 4 members (excludes halogenated alkanes) is 5. The smallest absolute Gasteiger partial charge is 0.117 e. The molecule has 0 saturated heterocycles. The number of nitrogen functional groups attached to an aromatic ring is 1. The highest BCUT2D eigenvalue weighted by Gasteiger charge is 2.09. The van der Waals surface area contributed by atoms with E-state index in [1.807, 2.05) is 6.92 Å². The highest BCUT2D eigenvalue weighted by Crippen LogP contribution is 2.26. The van der Waals surface area contributed by atoms with Crippen molar-refractivity contribution in [2.75, 3.05) is 5.73 Å². The van der Waals surface area contributed by atoms with Crippen LogP contribution >= 0.6 is 0 Å². The van der Waals surface area contributed by atoms with Crippen molar-refractivity contribution in [1.82, 2.24) is 15.4 Å². The number of fused-ring (bicyclic) bond motifs is 1. The number of aromatic amines is 1. The topological polar surface area (TPSA) is 67.6 Å². The van der Waals surface area contributed by atoms with Gasteiger partial charge in [0.15, 0.2) is 0 Å².